The van der Waals surface area contributed by atoms with Crippen LogP contribution in [-0.4, -0.2) is 13.2 Å². The lowest BCUT2D eigenvalue weighted by Gasteiger charge is -2.50. The van der Waals surface area contributed by atoms with Crippen LogP contribution in [0.15, 0.2) is 0 Å². The molecule has 1 aliphatic carbocycles. The summed E-state index contributed by atoms with van der Waals surface area (Å²) in [6, 6.07) is 0. The first-order chi connectivity index (χ1) is 5.23. The fraction of sp³-hybridized carbons (Fsp3) is 1.00. The minimum atomic E-state index is 0.618. The van der Waals surface area contributed by atoms with Crippen molar-refractivity contribution in [2.45, 2.75) is 33.1 Å². The summed E-state index contributed by atoms with van der Waals surface area (Å²) in [4.78, 5) is 0. The molecule has 1 heterocycles. The monoisotopic (exact) mass is 154 g/mol. The van der Waals surface area contributed by atoms with E-state index < -0.39 is 0 Å². The maximum absolute atomic E-state index is 5.32. The first-order valence-corrected chi connectivity index (χ1v) is 4.81. The van der Waals surface area contributed by atoms with Crippen LogP contribution >= 0.6 is 0 Å². The van der Waals surface area contributed by atoms with Crippen molar-refractivity contribution in [1.29, 1.82) is 0 Å². The van der Waals surface area contributed by atoms with E-state index in [1.54, 1.807) is 0 Å². The molecule has 0 aromatic rings. The number of hydrogen-bond donors (Lipinski definition) is 0. The summed E-state index contributed by atoms with van der Waals surface area (Å²) in [6.07, 6.45) is 4.26. The molecule has 0 amide bonds. The predicted octanol–water partition coefficient (Wildman–Crippen LogP) is 2.46. The summed E-state index contributed by atoms with van der Waals surface area (Å²) < 4.78 is 5.32. The van der Waals surface area contributed by atoms with Crippen molar-refractivity contribution in [3.05, 3.63) is 0 Å². The molecule has 2 rings (SSSR count). The van der Waals surface area contributed by atoms with Crippen LogP contribution in [-0.2, 0) is 4.74 Å². The second kappa shape index (κ2) is 2.48. The molecule has 1 heteroatoms. The molecule has 2 atom stereocenters. The lowest BCUT2D eigenvalue weighted by molar-refractivity contribution is -0.163. The second-order valence-electron chi connectivity index (χ2n) is 4.64. The van der Waals surface area contributed by atoms with E-state index in [1.165, 1.54) is 19.3 Å². The molecule has 0 bridgehead atoms. The highest BCUT2D eigenvalue weighted by atomic mass is 16.5. The zero-order valence-electron chi connectivity index (χ0n) is 7.60. The molecule has 1 nitrogen and oxygen atoms in total. The minimum absolute atomic E-state index is 0.618. The molecule has 0 N–H and O–H groups in total. The van der Waals surface area contributed by atoms with Crippen molar-refractivity contribution in [3.63, 3.8) is 0 Å². The molecule has 1 saturated heterocycles. The molecule has 0 radical (unpaired) electrons. The SMILES string of the molecule is CC1CCC2(COC2)C(C)C1. The smallest absolute Gasteiger partial charge is 0.0547 e. The Morgan fingerprint density at radius 1 is 1.27 bits per heavy atom. The van der Waals surface area contributed by atoms with E-state index in [4.69, 9.17) is 4.74 Å². The Balaban J connectivity index is 2.01. The van der Waals surface area contributed by atoms with Crippen LogP contribution in [0.1, 0.15) is 33.1 Å². The Morgan fingerprint density at radius 3 is 2.45 bits per heavy atom. The van der Waals surface area contributed by atoms with Crippen molar-refractivity contribution in [1.82, 2.24) is 0 Å². The first-order valence-electron chi connectivity index (χ1n) is 4.81. The van der Waals surface area contributed by atoms with Crippen LogP contribution in [0.25, 0.3) is 0 Å². The van der Waals surface area contributed by atoms with Gasteiger partial charge in [0.25, 0.3) is 0 Å². The van der Waals surface area contributed by atoms with Crippen molar-refractivity contribution in [3.8, 4) is 0 Å². The molecule has 1 aliphatic heterocycles. The Hall–Kier alpha value is -0.0400. The Bertz CT molecular complexity index is 149. The fourth-order valence-corrected chi connectivity index (χ4v) is 2.54. The van der Waals surface area contributed by atoms with Gasteiger partial charge in [0, 0.05) is 5.41 Å². The maximum atomic E-state index is 5.32. The van der Waals surface area contributed by atoms with Crippen LogP contribution in [0, 0.1) is 17.3 Å². The number of rotatable bonds is 0. The van der Waals surface area contributed by atoms with Crippen LogP contribution in [0.4, 0.5) is 0 Å². The predicted molar refractivity (Wildman–Crippen MR) is 45.4 cm³/mol. The van der Waals surface area contributed by atoms with E-state index in [2.05, 4.69) is 13.8 Å². The van der Waals surface area contributed by atoms with Crippen molar-refractivity contribution < 1.29 is 4.74 Å². The molecule has 2 aliphatic rings. The topological polar surface area (TPSA) is 9.23 Å². The van der Waals surface area contributed by atoms with Gasteiger partial charge < -0.3 is 4.74 Å². The zero-order valence-corrected chi connectivity index (χ0v) is 7.60. The van der Waals surface area contributed by atoms with Gasteiger partial charge in [0.2, 0.25) is 0 Å². The van der Waals surface area contributed by atoms with Gasteiger partial charge in [0.15, 0.2) is 0 Å². The third-order valence-electron chi connectivity index (χ3n) is 3.72. The van der Waals surface area contributed by atoms with Gasteiger partial charge in [-0.15, -0.1) is 0 Å². The summed E-state index contributed by atoms with van der Waals surface area (Å²) in [6.45, 7) is 6.86. The van der Waals surface area contributed by atoms with Crippen LogP contribution in [0.3, 0.4) is 0 Å². The molecular formula is C10H18O. The van der Waals surface area contributed by atoms with E-state index in [9.17, 15) is 0 Å². The summed E-state index contributed by atoms with van der Waals surface area (Å²) >= 11 is 0. The Kier molecular flexibility index (Phi) is 1.71. The average Bonchev–Trinajstić information content (AvgIpc) is 1.84. The summed E-state index contributed by atoms with van der Waals surface area (Å²) in [5.74, 6) is 1.86. The van der Waals surface area contributed by atoms with E-state index in [1.807, 2.05) is 0 Å². The Labute approximate surface area is 69.1 Å². The summed E-state index contributed by atoms with van der Waals surface area (Å²) in [5, 5.41) is 0. The van der Waals surface area contributed by atoms with E-state index in [-0.39, 0.29) is 0 Å². The van der Waals surface area contributed by atoms with Crippen LogP contribution in [0.2, 0.25) is 0 Å². The quantitative estimate of drug-likeness (QED) is 0.521. The van der Waals surface area contributed by atoms with Crippen LogP contribution in [0.5, 0.6) is 0 Å². The molecule has 2 unspecified atom stereocenters. The average molecular weight is 154 g/mol. The first kappa shape index (κ1) is 7.60. The van der Waals surface area contributed by atoms with Crippen molar-refractivity contribution >= 4 is 0 Å². The second-order valence-corrected chi connectivity index (χ2v) is 4.64. The number of hydrogen-bond acceptors (Lipinski definition) is 1. The van der Waals surface area contributed by atoms with Gasteiger partial charge in [-0.3, -0.25) is 0 Å². The highest BCUT2D eigenvalue weighted by Gasteiger charge is 2.45. The third kappa shape index (κ3) is 1.10. The molecule has 11 heavy (non-hydrogen) atoms. The normalized spacial score (nSPS) is 42.0. The number of ether oxygens (including phenoxy) is 1. The fourth-order valence-electron chi connectivity index (χ4n) is 2.54. The van der Waals surface area contributed by atoms with E-state index in [0.29, 0.717) is 5.41 Å². The van der Waals surface area contributed by atoms with Crippen LogP contribution < -0.4 is 0 Å². The zero-order chi connectivity index (χ0) is 7.90. The maximum Gasteiger partial charge on any atom is 0.0547 e. The molecule has 2 fully saturated rings. The van der Waals surface area contributed by atoms with Gasteiger partial charge >= 0.3 is 0 Å². The van der Waals surface area contributed by atoms with E-state index in [0.717, 1.165) is 25.0 Å². The van der Waals surface area contributed by atoms with Crippen molar-refractivity contribution in [2.75, 3.05) is 13.2 Å². The third-order valence-corrected chi connectivity index (χ3v) is 3.72. The molecule has 64 valence electrons. The standard InChI is InChI=1S/C10H18O/c1-8-3-4-10(6-11-7-10)9(2)5-8/h8-9H,3-7H2,1-2H3. The lowest BCUT2D eigenvalue weighted by atomic mass is 9.63. The van der Waals surface area contributed by atoms with Gasteiger partial charge in [0.1, 0.15) is 0 Å². The highest BCUT2D eigenvalue weighted by molar-refractivity contribution is 4.93. The molecular weight excluding hydrogens is 136 g/mol. The summed E-state index contributed by atoms with van der Waals surface area (Å²) in [7, 11) is 0. The minimum Gasteiger partial charge on any atom is -0.380 e. The van der Waals surface area contributed by atoms with Gasteiger partial charge in [0.05, 0.1) is 13.2 Å². The molecule has 1 saturated carbocycles. The summed E-state index contributed by atoms with van der Waals surface area (Å²) in [5.41, 5.74) is 0.618. The molecule has 1 spiro atoms. The van der Waals surface area contributed by atoms with Gasteiger partial charge in [-0.25, -0.2) is 0 Å². The molecule has 0 aromatic carbocycles. The van der Waals surface area contributed by atoms with Crippen molar-refractivity contribution in [2.24, 2.45) is 17.3 Å². The Morgan fingerprint density at radius 2 is 2.00 bits per heavy atom. The van der Waals surface area contributed by atoms with Gasteiger partial charge in [-0.05, 0) is 31.1 Å². The highest BCUT2D eigenvalue weighted by Crippen LogP contribution is 2.47. The van der Waals surface area contributed by atoms with Gasteiger partial charge in [-0.2, -0.15) is 0 Å². The van der Waals surface area contributed by atoms with Gasteiger partial charge in [-0.1, -0.05) is 13.8 Å². The largest absolute Gasteiger partial charge is 0.380 e. The lowest BCUT2D eigenvalue weighted by Crippen LogP contribution is -2.50. The van der Waals surface area contributed by atoms with E-state index >= 15 is 0 Å². The molecule has 0 aromatic heterocycles.